The number of carboxylic acid groups (broad SMARTS) is 1. The van der Waals surface area contributed by atoms with Crippen molar-refractivity contribution in [2.75, 3.05) is 18.6 Å². The van der Waals surface area contributed by atoms with E-state index in [1.54, 1.807) is 0 Å². The summed E-state index contributed by atoms with van der Waals surface area (Å²) >= 11 is 1.90. The van der Waals surface area contributed by atoms with Crippen molar-refractivity contribution in [3.63, 3.8) is 0 Å². The van der Waals surface area contributed by atoms with Crippen LogP contribution in [0.15, 0.2) is 0 Å². The molecule has 12 heavy (non-hydrogen) atoms. The number of ether oxygens (including phenoxy) is 1. The molecule has 0 bridgehead atoms. The first-order valence-electron chi connectivity index (χ1n) is 4.07. The maximum absolute atomic E-state index is 10.6. The monoisotopic (exact) mass is 190 g/mol. The highest BCUT2D eigenvalue weighted by atomic mass is 32.2. The number of carboxylic acids is 1. The van der Waals surface area contributed by atoms with Gasteiger partial charge in [-0.25, -0.2) is 4.79 Å². The second kappa shape index (κ2) is 4.72. The molecule has 0 aromatic heterocycles. The van der Waals surface area contributed by atoms with E-state index in [0.29, 0.717) is 12.3 Å². The second-order valence-electron chi connectivity index (χ2n) is 3.03. The van der Waals surface area contributed by atoms with Gasteiger partial charge in [-0.3, -0.25) is 0 Å². The lowest BCUT2D eigenvalue weighted by Gasteiger charge is -2.13. The summed E-state index contributed by atoms with van der Waals surface area (Å²) in [6, 6.07) is 0. The van der Waals surface area contributed by atoms with Crippen LogP contribution in [0, 0.1) is 5.92 Å². The molecule has 1 fully saturated rings. The van der Waals surface area contributed by atoms with Gasteiger partial charge < -0.3 is 9.84 Å². The average Bonchev–Trinajstić information content (AvgIpc) is 2.51. The fraction of sp³-hybridized carbons (Fsp3) is 0.875. The summed E-state index contributed by atoms with van der Waals surface area (Å²) in [6.07, 6.45) is 1.20. The van der Waals surface area contributed by atoms with Gasteiger partial charge in [0.25, 0.3) is 0 Å². The largest absolute Gasteiger partial charge is 0.479 e. The first-order valence-corrected chi connectivity index (χ1v) is 5.23. The molecule has 2 unspecified atom stereocenters. The van der Waals surface area contributed by atoms with Crippen molar-refractivity contribution >= 4 is 17.7 Å². The van der Waals surface area contributed by atoms with Crippen molar-refractivity contribution in [2.24, 2.45) is 5.92 Å². The maximum Gasteiger partial charge on any atom is 0.332 e. The molecule has 3 nitrogen and oxygen atoms in total. The van der Waals surface area contributed by atoms with Crippen LogP contribution in [0.3, 0.4) is 0 Å². The molecule has 1 heterocycles. The fourth-order valence-electron chi connectivity index (χ4n) is 1.37. The van der Waals surface area contributed by atoms with Crippen LogP contribution in [-0.2, 0) is 9.53 Å². The Kier molecular flexibility index (Phi) is 3.88. The Hall–Kier alpha value is -0.220. The van der Waals surface area contributed by atoms with Crippen molar-refractivity contribution in [2.45, 2.75) is 18.9 Å². The number of methoxy groups -OCH3 is 1. The number of hydrogen-bond donors (Lipinski definition) is 1. The van der Waals surface area contributed by atoms with Gasteiger partial charge in [-0.15, -0.1) is 0 Å². The molecule has 0 aromatic rings. The molecular weight excluding hydrogens is 176 g/mol. The zero-order valence-electron chi connectivity index (χ0n) is 7.16. The standard InChI is InChI=1S/C8H14O3S/c1-11-7(8(9)10)4-6-2-3-12-5-6/h6-7H,2-5H2,1H3,(H,9,10). The van der Waals surface area contributed by atoms with Gasteiger partial charge in [0, 0.05) is 7.11 Å². The lowest BCUT2D eigenvalue weighted by molar-refractivity contribution is -0.149. The highest BCUT2D eigenvalue weighted by Crippen LogP contribution is 2.27. The third kappa shape index (κ3) is 2.68. The fourth-order valence-corrected chi connectivity index (χ4v) is 2.67. The van der Waals surface area contributed by atoms with E-state index in [1.807, 2.05) is 11.8 Å². The Labute approximate surface area is 76.5 Å². The third-order valence-electron chi connectivity index (χ3n) is 2.13. The number of carbonyl (C=O) groups is 1. The van der Waals surface area contributed by atoms with E-state index >= 15 is 0 Å². The lowest BCUT2D eigenvalue weighted by atomic mass is 10.0. The summed E-state index contributed by atoms with van der Waals surface area (Å²) in [7, 11) is 1.46. The summed E-state index contributed by atoms with van der Waals surface area (Å²) < 4.78 is 4.86. The van der Waals surface area contributed by atoms with Gasteiger partial charge in [0.2, 0.25) is 0 Å². The zero-order valence-corrected chi connectivity index (χ0v) is 7.97. The van der Waals surface area contributed by atoms with Gasteiger partial charge in [0.05, 0.1) is 0 Å². The van der Waals surface area contributed by atoms with Gasteiger partial charge in [0.1, 0.15) is 0 Å². The summed E-state index contributed by atoms with van der Waals surface area (Å²) in [4.78, 5) is 10.6. The average molecular weight is 190 g/mol. The third-order valence-corrected chi connectivity index (χ3v) is 3.36. The van der Waals surface area contributed by atoms with Crippen molar-refractivity contribution in [3.8, 4) is 0 Å². The molecule has 1 aliphatic heterocycles. The number of aliphatic carboxylic acids is 1. The highest BCUT2D eigenvalue weighted by Gasteiger charge is 2.24. The molecule has 4 heteroatoms. The molecular formula is C8H14O3S. The van der Waals surface area contributed by atoms with Crippen LogP contribution in [0.5, 0.6) is 0 Å². The minimum Gasteiger partial charge on any atom is -0.479 e. The predicted molar refractivity (Wildman–Crippen MR) is 48.5 cm³/mol. The molecule has 0 saturated carbocycles. The van der Waals surface area contributed by atoms with E-state index < -0.39 is 12.1 Å². The first kappa shape index (κ1) is 9.86. The molecule has 1 saturated heterocycles. The van der Waals surface area contributed by atoms with Crippen molar-refractivity contribution in [1.29, 1.82) is 0 Å². The minimum absolute atomic E-state index is 0.538. The van der Waals surface area contributed by atoms with Gasteiger partial charge in [-0.05, 0) is 30.3 Å². The minimum atomic E-state index is -0.839. The summed E-state index contributed by atoms with van der Waals surface area (Å²) in [5.41, 5.74) is 0. The number of rotatable bonds is 4. The van der Waals surface area contributed by atoms with Crippen LogP contribution in [0.4, 0.5) is 0 Å². The van der Waals surface area contributed by atoms with Gasteiger partial charge in [0.15, 0.2) is 6.10 Å². The highest BCUT2D eigenvalue weighted by molar-refractivity contribution is 7.99. The second-order valence-corrected chi connectivity index (χ2v) is 4.18. The van der Waals surface area contributed by atoms with Crippen LogP contribution < -0.4 is 0 Å². The summed E-state index contributed by atoms with van der Waals surface area (Å²) in [5, 5.41) is 8.70. The molecule has 0 radical (unpaired) electrons. The van der Waals surface area contributed by atoms with E-state index in [-0.39, 0.29) is 0 Å². The van der Waals surface area contributed by atoms with Crippen LogP contribution >= 0.6 is 11.8 Å². The molecule has 0 spiro atoms. The molecule has 1 rings (SSSR count). The van der Waals surface area contributed by atoms with Crippen LogP contribution in [0.2, 0.25) is 0 Å². The van der Waals surface area contributed by atoms with Crippen LogP contribution in [-0.4, -0.2) is 35.8 Å². The summed E-state index contributed by atoms with van der Waals surface area (Å²) in [6.45, 7) is 0. The summed E-state index contributed by atoms with van der Waals surface area (Å²) in [5.74, 6) is 1.96. The Morgan fingerprint density at radius 3 is 3.00 bits per heavy atom. The number of hydrogen-bond acceptors (Lipinski definition) is 3. The van der Waals surface area contributed by atoms with E-state index in [9.17, 15) is 4.79 Å². The quantitative estimate of drug-likeness (QED) is 0.724. The Morgan fingerprint density at radius 2 is 2.58 bits per heavy atom. The van der Waals surface area contributed by atoms with Crippen molar-refractivity contribution in [3.05, 3.63) is 0 Å². The van der Waals surface area contributed by atoms with E-state index in [0.717, 1.165) is 12.2 Å². The van der Waals surface area contributed by atoms with Crippen LogP contribution in [0.1, 0.15) is 12.8 Å². The van der Waals surface area contributed by atoms with E-state index in [2.05, 4.69) is 0 Å². The van der Waals surface area contributed by atoms with E-state index in [4.69, 9.17) is 9.84 Å². The Balaban J connectivity index is 2.30. The lowest BCUT2D eigenvalue weighted by Crippen LogP contribution is -2.25. The topological polar surface area (TPSA) is 46.5 Å². The Morgan fingerprint density at radius 1 is 1.83 bits per heavy atom. The van der Waals surface area contributed by atoms with Gasteiger partial charge >= 0.3 is 5.97 Å². The van der Waals surface area contributed by atoms with Crippen molar-refractivity contribution in [1.82, 2.24) is 0 Å². The van der Waals surface area contributed by atoms with Crippen molar-refractivity contribution < 1.29 is 14.6 Å². The zero-order chi connectivity index (χ0) is 8.97. The van der Waals surface area contributed by atoms with E-state index in [1.165, 1.54) is 12.9 Å². The van der Waals surface area contributed by atoms with Crippen LogP contribution in [0.25, 0.3) is 0 Å². The SMILES string of the molecule is COC(CC1CCSC1)C(=O)O. The first-order chi connectivity index (χ1) is 5.74. The molecule has 0 aliphatic carbocycles. The smallest absolute Gasteiger partial charge is 0.332 e. The normalized spacial score (nSPS) is 25.6. The molecule has 2 atom stereocenters. The molecule has 0 amide bonds. The molecule has 70 valence electrons. The van der Waals surface area contributed by atoms with Gasteiger partial charge in [-0.2, -0.15) is 11.8 Å². The molecule has 0 aromatic carbocycles. The number of thioether (sulfide) groups is 1. The van der Waals surface area contributed by atoms with Gasteiger partial charge in [-0.1, -0.05) is 0 Å². The molecule has 1 aliphatic rings. The predicted octanol–water partition coefficient (Wildman–Crippen LogP) is 1.23. The Bertz CT molecular complexity index is 154. The maximum atomic E-state index is 10.6. The molecule has 1 N–H and O–H groups in total.